The SMILES string of the molecule is CC(C)(C)c1nc(-c2ccc(F)c(NS(=O)(=O)c3c(F)cccc3F)c2)c(-c2ccnc(NC3CCC(NS(C)(=O)=O)CC3)n2)s1. The van der Waals surface area contributed by atoms with Crippen molar-refractivity contribution in [3.8, 4) is 21.8 Å². The van der Waals surface area contributed by atoms with Gasteiger partial charge in [-0.15, -0.1) is 11.3 Å². The van der Waals surface area contributed by atoms with E-state index in [1.165, 1.54) is 23.5 Å². The van der Waals surface area contributed by atoms with Crippen molar-refractivity contribution in [2.45, 2.75) is 68.8 Å². The third-order valence-electron chi connectivity index (χ3n) is 7.27. The van der Waals surface area contributed by atoms with Crippen LogP contribution >= 0.6 is 11.3 Å². The van der Waals surface area contributed by atoms with Crippen molar-refractivity contribution in [3.63, 3.8) is 0 Å². The second kappa shape index (κ2) is 12.9. The zero-order valence-electron chi connectivity index (χ0n) is 25.4. The van der Waals surface area contributed by atoms with Crippen LogP contribution in [0.25, 0.3) is 21.8 Å². The molecule has 5 rings (SSSR count). The highest BCUT2D eigenvalue weighted by molar-refractivity contribution is 7.92. The Hall–Kier alpha value is -3.60. The van der Waals surface area contributed by atoms with E-state index in [1.807, 2.05) is 25.5 Å². The maximum absolute atomic E-state index is 14.9. The lowest BCUT2D eigenvalue weighted by Gasteiger charge is -2.29. The van der Waals surface area contributed by atoms with Gasteiger partial charge in [0.05, 0.1) is 33.2 Å². The maximum Gasteiger partial charge on any atom is 0.267 e. The summed E-state index contributed by atoms with van der Waals surface area (Å²) >= 11 is 1.37. The van der Waals surface area contributed by atoms with Gasteiger partial charge in [0.25, 0.3) is 10.0 Å². The quantitative estimate of drug-likeness (QED) is 0.192. The summed E-state index contributed by atoms with van der Waals surface area (Å²) in [6.07, 6.45) is 5.50. The van der Waals surface area contributed by atoms with E-state index in [-0.39, 0.29) is 17.5 Å². The number of nitrogens with zero attached hydrogens (tertiary/aromatic N) is 3. The maximum atomic E-state index is 14.9. The Kier molecular flexibility index (Phi) is 9.46. The van der Waals surface area contributed by atoms with Gasteiger partial charge in [-0.1, -0.05) is 26.8 Å². The number of halogens is 3. The van der Waals surface area contributed by atoms with Crippen molar-refractivity contribution >= 4 is 43.0 Å². The van der Waals surface area contributed by atoms with E-state index in [2.05, 4.69) is 15.0 Å². The van der Waals surface area contributed by atoms with Crippen LogP contribution in [0.3, 0.4) is 0 Å². The summed E-state index contributed by atoms with van der Waals surface area (Å²) in [6.45, 7) is 5.94. The molecule has 0 amide bonds. The summed E-state index contributed by atoms with van der Waals surface area (Å²) in [5.74, 6) is -3.21. The lowest BCUT2D eigenvalue weighted by Crippen LogP contribution is -2.39. The molecule has 0 saturated heterocycles. The number of nitrogens with one attached hydrogen (secondary N) is 3. The molecular weight excluding hydrogens is 662 g/mol. The Balaban J connectivity index is 1.46. The van der Waals surface area contributed by atoms with Crippen molar-refractivity contribution in [1.82, 2.24) is 19.7 Å². The van der Waals surface area contributed by atoms with Crippen LogP contribution in [0.15, 0.2) is 53.6 Å². The number of hydrogen-bond acceptors (Lipinski definition) is 9. The molecule has 16 heteroatoms. The topological polar surface area (TPSA) is 143 Å². The molecule has 46 heavy (non-hydrogen) atoms. The molecule has 0 atom stereocenters. The fourth-order valence-electron chi connectivity index (χ4n) is 5.09. The standard InChI is InChI=1S/C30H33F3N6O4S3/c1-30(2,3)28-37-25(17-8-13-20(31)24(16-17)39-46(42,43)27-21(32)6-5-7-22(27)33)26(44-28)23-14-15-34-29(36-23)35-18-9-11-19(12-10-18)38-45(4,40)41/h5-8,13-16,18-19,38-39H,9-12H2,1-4H3,(H,34,35,36). The first-order valence-electron chi connectivity index (χ1n) is 14.4. The van der Waals surface area contributed by atoms with Gasteiger partial charge in [0.1, 0.15) is 17.5 Å². The summed E-state index contributed by atoms with van der Waals surface area (Å²) < 4.78 is 97.2. The van der Waals surface area contributed by atoms with Gasteiger partial charge >= 0.3 is 0 Å². The zero-order valence-corrected chi connectivity index (χ0v) is 27.9. The summed E-state index contributed by atoms with van der Waals surface area (Å²) in [7, 11) is -8.12. The number of benzene rings is 2. The Morgan fingerprint density at radius 2 is 1.52 bits per heavy atom. The van der Waals surface area contributed by atoms with E-state index < -0.39 is 48.1 Å². The molecule has 0 radical (unpaired) electrons. The van der Waals surface area contributed by atoms with Crippen LogP contribution in [0.1, 0.15) is 51.5 Å². The van der Waals surface area contributed by atoms with Gasteiger partial charge in [0.15, 0.2) is 4.90 Å². The van der Waals surface area contributed by atoms with Gasteiger partial charge in [-0.05, 0) is 62.1 Å². The van der Waals surface area contributed by atoms with Crippen LogP contribution in [-0.4, -0.2) is 50.1 Å². The number of thiazole rings is 1. The number of sulfonamides is 2. The largest absolute Gasteiger partial charge is 0.351 e. The van der Waals surface area contributed by atoms with E-state index in [0.717, 1.165) is 35.5 Å². The Morgan fingerprint density at radius 3 is 2.15 bits per heavy atom. The van der Waals surface area contributed by atoms with Crippen LogP contribution in [0.4, 0.5) is 24.8 Å². The Labute approximate surface area is 270 Å². The van der Waals surface area contributed by atoms with Crippen molar-refractivity contribution in [1.29, 1.82) is 0 Å². The van der Waals surface area contributed by atoms with E-state index in [1.54, 1.807) is 12.3 Å². The van der Waals surface area contributed by atoms with Crippen molar-refractivity contribution in [3.05, 3.63) is 71.1 Å². The molecule has 246 valence electrons. The first kappa shape index (κ1) is 33.8. The monoisotopic (exact) mass is 694 g/mol. The van der Waals surface area contributed by atoms with E-state index in [4.69, 9.17) is 9.97 Å². The summed E-state index contributed by atoms with van der Waals surface area (Å²) in [5, 5.41) is 4.07. The summed E-state index contributed by atoms with van der Waals surface area (Å²) in [5.41, 5.74) is 0.386. The molecule has 1 aliphatic rings. The fraction of sp³-hybridized carbons (Fsp3) is 0.367. The van der Waals surface area contributed by atoms with Gasteiger partial charge in [-0.3, -0.25) is 4.72 Å². The van der Waals surface area contributed by atoms with E-state index in [0.29, 0.717) is 53.5 Å². The molecular formula is C30H33F3N6O4S3. The molecule has 2 aromatic carbocycles. The Bertz CT molecular complexity index is 1950. The lowest BCUT2D eigenvalue weighted by atomic mass is 9.92. The lowest BCUT2D eigenvalue weighted by molar-refractivity contribution is 0.387. The second-order valence-corrected chi connectivity index (χ2v) is 16.5. The minimum absolute atomic E-state index is 0.0332. The normalized spacial score (nSPS) is 17.5. The molecule has 1 fully saturated rings. The Morgan fingerprint density at radius 1 is 0.870 bits per heavy atom. The predicted octanol–water partition coefficient (Wildman–Crippen LogP) is 6.06. The summed E-state index contributed by atoms with van der Waals surface area (Å²) in [6, 6.07) is 7.95. The van der Waals surface area contributed by atoms with Crippen LogP contribution in [0.5, 0.6) is 0 Å². The van der Waals surface area contributed by atoms with E-state index in [9.17, 15) is 30.0 Å². The third kappa shape index (κ3) is 7.85. The van der Waals surface area contributed by atoms with Crippen LogP contribution < -0.4 is 14.8 Å². The predicted molar refractivity (Wildman–Crippen MR) is 172 cm³/mol. The van der Waals surface area contributed by atoms with Crippen molar-refractivity contribution in [2.24, 2.45) is 0 Å². The highest BCUT2D eigenvalue weighted by atomic mass is 32.2. The average molecular weight is 695 g/mol. The molecule has 1 saturated carbocycles. The molecule has 10 nitrogen and oxygen atoms in total. The number of hydrogen-bond donors (Lipinski definition) is 3. The molecule has 0 aliphatic heterocycles. The van der Waals surface area contributed by atoms with Gasteiger partial charge in [-0.25, -0.2) is 49.7 Å². The van der Waals surface area contributed by atoms with Gasteiger partial charge in [0, 0.05) is 29.3 Å². The van der Waals surface area contributed by atoms with Gasteiger partial charge in [-0.2, -0.15) is 0 Å². The molecule has 2 aromatic heterocycles. The highest BCUT2D eigenvalue weighted by Crippen LogP contribution is 2.41. The van der Waals surface area contributed by atoms with Crippen molar-refractivity contribution < 1.29 is 30.0 Å². The molecule has 3 N–H and O–H groups in total. The van der Waals surface area contributed by atoms with Gasteiger partial charge in [0.2, 0.25) is 16.0 Å². The van der Waals surface area contributed by atoms with Crippen LogP contribution in [0, 0.1) is 17.5 Å². The minimum atomic E-state index is -4.83. The third-order valence-corrected chi connectivity index (χ3v) is 11.0. The number of rotatable bonds is 9. The van der Waals surface area contributed by atoms with Crippen LogP contribution in [-0.2, 0) is 25.5 Å². The first-order chi connectivity index (χ1) is 21.5. The zero-order chi connectivity index (χ0) is 33.4. The van der Waals surface area contributed by atoms with E-state index >= 15 is 0 Å². The van der Waals surface area contributed by atoms with Crippen molar-refractivity contribution in [2.75, 3.05) is 16.3 Å². The molecule has 0 unspecified atom stereocenters. The smallest absolute Gasteiger partial charge is 0.267 e. The second-order valence-electron chi connectivity index (χ2n) is 12.1. The first-order valence-corrected chi connectivity index (χ1v) is 18.5. The molecule has 0 bridgehead atoms. The molecule has 4 aromatic rings. The fourth-order valence-corrected chi connectivity index (χ4v) is 8.25. The summed E-state index contributed by atoms with van der Waals surface area (Å²) in [4.78, 5) is 13.3. The van der Waals surface area contributed by atoms with Gasteiger partial charge < -0.3 is 5.32 Å². The number of anilines is 2. The van der Waals surface area contributed by atoms with Crippen LogP contribution in [0.2, 0.25) is 0 Å². The molecule has 1 aliphatic carbocycles. The molecule has 2 heterocycles. The number of aromatic nitrogens is 3. The average Bonchev–Trinajstić information content (AvgIpc) is 3.41. The highest BCUT2D eigenvalue weighted by Gasteiger charge is 2.28. The molecule has 0 spiro atoms. The minimum Gasteiger partial charge on any atom is -0.351 e.